The van der Waals surface area contributed by atoms with E-state index in [0.717, 1.165) is 33.6 Å². The van der Waals surface area contributed by atoms with Crippen LogP contribution in [0.4, 0.5) is 0 Å². The van der Waals surface area contributed by atoms with E-state index in [1.54, 1.807) is 0 Å². The fraction of sp³-hybridized carbons (Fsp3) is 0.316. The van der Waals surface area contributed by atoms with Crippen molar-refractivity contribution in [3.8, 4) is 5.69 Å². The summed E-state index contributed by atoms with van der Waals surface area (Å²) in [7, 11) is 1.91. The minimum atomic E-state index is 0.108. The molecule has 25 heavy (non-hydrogen) atoms. The Bertz CT molecular complexity index is 922. The van der Waals surface area contributed by atoms with E-state index >= 15 is 0 Å². The van der Waals surface area contributed by atoms with Gasteiger partial charge in [0.2, 0.25) is 0 Å². The predicted molar refractivity (Wildman–Crippen MR) is 101 cm³/mol. The quantitative estimate of drug-likeness (QED) is 0.516. The highest BCUT2D eigenvalue weighted by Gasteiger charge is 2.18. The van der Waals surface area contributed by atoms with Gasteiger partial charge >= 0.3 is 0 Å². The number of hydrogen-bond acceptors (Lipinski definition) is 4. The van der Waals surface area contributed by atoms with Crippen LogP contribution in [-0.4, -0.2) is 30.9 Å². The van der Waals surface area contributed by atoms with E-state index in [-0.39, 0.29) is 5.78 Å². The number of benzene rings is 1. The molecule has 130 valence electrons. The van der Waals surface area contributed by atoms with Gasteiger partial charge in [0, 0.05) is 29.7 Å². The number of aromatic nitrogens is 4. The maximum absolute atomic E-state index is 12.7. The van der Waals surface area contributed by atoms with Crippen molar-refractivity contribution in [1.82, 2.24) is 19.3 Å². The van der Waals surface area contributed by atoms with Crippen molar-refractivity contribution in [2.75, 3.05) is 5.75 Å². The Morgan fingerprint density at radius 3 is 2.36 bits per heavy atom. The molecular formula is C19H22N4OS. The summed E-state index contributed by atoms with van der Waals surface area (Å²) < 4.78 is 4.03. The average Bonchev–Trinajstić information content (AvgIpc) is 3.06. The van der Waals surface area contributed by atoms with E-state index in [4.69, 9.17) is 0 Å². The summed E-state index contributed by atoms with van der Waals surface area (Å²) in [5.74, 6) is 1.30. The maximum atomic E-state index is 12.7. The Kier molecular flexibility index (Phi) is 4.81. The molecule has 0 aliphatic carbocycles. The molecule has 0 unspecified atom stereocenters. The summed E-state index contributed by atoms with van der Waals surface area (Å²) >= 11 is 1.42. The molecule has 0 fully saturated rings. The van der Waals surface area contributed by atoms with Gasteiger partial charge in [0.05, 0.1) is 5.75 Å². The van der Waals surface area contributed by atoms with Crippen LogP contribution in [0.15, 0.2) is 35.5 Å². The second kappa shape index (κ2) is 6.88. The standard InChI is InChI=1S/C19H22N4OS/c1-12-6-8-16(9-7-12)23-13(2)10-17(14(23)3)18(24)11-25-19-21-20-15(4)22(19)5/h6-10H,11H2,1-5H3. The Morgan fingerprint density at radius 1 is 1.08 bits per heavy atom. The number of aryl methyl sites for hydroxylation is 3. The predicted octanol–water partition coefficient (Wildman–Crippen LogP) is 3.81. The van der Waals surface area contributed by atoms with Gasteiger partial charge in [0.15, 0.2) is 10.9 Å². The molecule has 0 aliphatic rings. The summed E-state index contributed by atoms with van der Waals surface area (Å²) in [5, 5.41) is 8.89. The molecule has 0 atom stereocenters. The number of ketones is 1. The largest absolute Gasteiger partial charge is 0.318 e. The van der Waals surface area contributed by atoms with Crippen LogP contribution in [0.2, 0.25) is 0 Å². The van der Waals surface area contributed by atoms with Crippen molar-refractivity contribution in [3.05, 3.63) is 58.7 Å². The monoisotopic (exact) mass is 354 g/mol. The first-order valence-electron chi connectivity index (χ1n) is 8.16. The van der Waals surface area contributed by atoms with E-state index < -0.39 is 0 Å². The van der Waals surface area contributed by atoms with Gasteiger partial charge in [-0.2, -0.15) is 0 Å². The van der Waals surface area contributed by atoms with Gasteiger partial charge < -0.3 is 9.13 Å². The SMILES string of the molecule is Cc1ccc(-n2c(C)cc(C(=O)CSc3nnc(C)n3C)c2C)cc1. The zero-order chi connectivity index (χ0) is 18.1. The van der Waals surface area contributed by atoms with Crippen LogP contribution in [-0.2, 0) is 7.05 Å². The third kappa shape index (κ3) is 3.39. The number of Topliss-reactive ketones (excluding diaryl/α,β-unsaturated/α-hetero) is 1. The number of hydrogen-bond donors (Lipinski definition) is 0. The number of rotatable bonds is 5. The van der Waals surface area contributed by atoms with Crippen LogP contribution < -0.4 is 0 Å². The van der Waals surface area contributed by atoms with Crippen LogP contribution in [0.1, 0.15) is 33.1 Å². The van der Waals surface area contributed by atoms with Crippen LogP contribution in [0.25, 0.3) is 5.69 Å². The van der Waals surface area contributed by atoms with Gasteiger partial charge in [0.1, 0.15) is 5.82 Å². The van der Waals surface area contributed by atoms with Crippen LogP contribution in [0.5, 0.6) is 0 Å². The molecule has 0 spiro atoms. The summed E-state index contributed by atoms with van der Waals surface area (Å²) in [4.78, 5) is 12.7. The molecule has 5 nitrogen and oxygen atoms in total. The fourth-order valence-electron chi connectivity index (χ4n) is 2.86. The molecule has 0 saturated carbocycles. The first-order chi connectivity index (χ1) is 11.9. The first kappa shape index (κ1) is 17.5. The van der Waals surface area contributed by atoms with Crippen LogP contribution in [0, 0.1) is 27.7 Å². The lowest BCUT2D eigenvalue weighted by atomic mass is 10.2. The number of nitrogens with zero attached hydrogens (tertiary/aromatic N) is 4. The van der Waals surface area contributed by atoms with Crippen molar-refractivity contribution in [1.29, 1.82) is 0 Å². The lowest BCUT2D eigenvalue weighted by Crippen LogP contribution is -2.06. The molecule has 0 N–H and O–H groups in total. The molecular weight excluding hydrogens is 332 g/mol. The molecule has 1 aromatic carbocycles. The molecule has 3 rings (SSSR count). The van der Waals surface area contributed by atoms with Crippen LogP contribution in [0.3, 0.4) is 0 Å². The minimum absolute atomic E-state index is 0.108. The minimum Gasteiger partial charge on any atom is -0.318 e. The molecule has 6 heteroatoms. The highest BCUT2D eigenvalue weighted by atomic mass is 32.2. The Hall–Kier alpha value is -2.34. The van der Waals surface area contributed by atoms with Gasteiger partial charge in [-0.25, -0.2) is 0 Å². The van der Waals surface area contributed by atoms with Crippen LogP contribution >= 0.6 is 11.8 Å². The molecule has 2 aromatic heterocycles. The van der Waals surface area contributed by atoms with Crippen molar-refractivity contribution in [2.45, 2.75) is 32.9 Å². The highest BCUT2D eigenvalue weighted by molar-refractivity contribution is 7.99. The van der Waals surface area contributed by atoms with E-state index in [1.807, 2.05) is 38.5 Å². The van der Waals surface area contributed by atoms with Gasteiger partial charge in [-0.15, -0.1) is 10.2 Å². The van der Waals surface area contributed by atoms with E-state index in [2.05, 4.69) is 46.0 Å². The number of carbonyl (C=O) groups is 1. The molecule has 0 amide bonds. The number of thioether (sulfide) groups is 1. The zero-order valence-corrected chi connectivity index (χ0v) is 16.0. The first-order valence-corrected chi connectivity index (χ1v) is 9.15. The summed E-state index contributed by atoms with van der Waals surface area (Å²) in [6.45, 7) is 7.99. The second-order valence-corrected chi connectivity index (χ2v) is 7.20. The summed E-state index contributed by atoms with van der Waals surface area (Å²) in [5.41, 5.74) is 5.10. The van der Waals surface area contributed by atoms with Crippen molar-refractivity contribution >= 4 is 17.5 Å². The van der Waals surface area contributed by atoms with Gasteiger partial charge in [-0.05, 0) is 45.9 Å². The highest BCUT2D eigenvalue weighted by Crippen LogP contribution is 2.24. The summed E-state index contributed by atoms with van der Waals surface area (Å²) in [6.07, 6.45) is 0. The zero-order valence-electron chi connectivity index (χ0n) is 15.2. The average molecular weight is 354 g/mol. The molecule has 2 heterocycles. The van der Waals surface area contributed by atoms with E-state index in [1.165, 1.54) is 17.3 Å². The Morgan fingerprint density at radius 2 is 1.76 bits per heavy atom. The lowest BCUT2D eigenvalue weighted by molar-refractivity contribution is 0.102. The molecule has 0 bridgehead atoms. The number of carbonyl (C=O) groups excluding carboxylic acids is 1. The molecule has 3 aromatic rings. The normalized spacial score (nSPS) is 11.1. The van der Waals surface area contributed by atoms with Gasteiger partial charge in [-0.1, -0.05) is 29.5 Å². The Balaban J connectivity index is 1.83. The molecule has 0 radical (unpaired) electrons. The van der Waals surface area contributed by atoms with Crippen molar-refractivity contribution in [3.63, 3.8) is 0 Å². The van der Waals surface area contributed by atoms with Gasteiger partial charge in [0.25, 0.3) is 0 Å². The third-order valence-corrected chi connectivity index (χ3v) is 5.43. The summed E-state index contributed by atoms with van der Waals surface area (Å²) in [6, 6.07) is 10.3. The maximum Gasteiger partial charge on any atom is 0.191 e. The molecule has 0 aliphatic heterocycles. The van der Waals surface area contributed by atoms with E-state index in [0.29, 0.717) is 5.75 Å². The molecule has 0 saturated heterocycles. The van der Waals surface area contributed by atoms with Gasteiger partial charge in [-0.3, -0.25) is 4.79 Å². The topological polar surface area (TPSA) is 52.7 Å². The van der Waals surface area contributed by atoms with Crippen molar-refractivity contribution in [2.24, 2.45) is 7.05 Å². The van der Waals surface area contributed by atoms with Crippen molar-refractivity contribution < 1.29 is 4.79 Å². The smallest absolute Gasteiger partial charge is 0.191 e. The Labute approximate surface area is 152 Å². The lowest BCUT2D eigenvalue weighted by Gasteiger charge is -2.10. The second-order valence-electron chi connectivity index (χ2n) is 6.26. The van der Waals surface area contributed by atoms with E-state index in [9.17, 15) is 4.79 Å². The fourth-order valence-corrected chi connectivity index (χ4v) is 3.70. The third-order valence-electron chi connectivity index (χ3n) is 4.41.